The van der Waals surface area contributed by atoms with Crippen molar-refractivity contribution in [2.24, 2.45) is 5.92 Å². The standard InChI is InChI=1S/C16H17BrFN3O/c17-10-6-11-12(13(18)7-10)8-20-15(14(11)19)21-16(22)9-4-2-1-3-5-9/h6-9H,1-5,19H2,(H,20,21,22). The summed E-state index contributed by atoms with van der Waals surface area (Å²) >= 11 is 3.25. The van der Waals surface area contributed by atoms with Gasteiger partial charge in [-0.2, -0.15) is 0 Å². The molecule has 3 N–H and O–H groups in total. The average molecular weight is 366 g/mol. The number of hydrogen-bond donors (Lipinski definition) is 2. The van der Waals surface area contributed by atoms with Crippen LogP contribution in [0.1, 0.15) is 32.1 Å². The minimum Gasteiger partial charge on any atom is -0.395 e. The zero-order valence-electron chi connectivity index (χ0n) is 12.0. The lowest BCUT2D eigenvalue weighted by molar-refractivity contribution is -0.120. The fourth-order valence-corrected chi connectivity index (χ4v) is 3.38. The van der Waals surface area contributed by atoms with Crippen molar-refractivity contribution in [2.45, 2.75) is 32.1 Å². The Hall–Kier alpha value is -1.69. The van der Waals surface area contributed by atoms with Gasteiger partial charge in [-0.25, -0.2) is 9.37 Å². The van der Waals surface area contributed by atoms with Crippen molar-refractivity contribution >= 4 is 44.1 Å². The molecular weight excluding hydrogens is 349 g/mol. The first-order chi connectivity index (χ1) is 10.6. The number of anilines is 2. The van der Waals surface area contributed by atoms with E-state index in [1.54, 1.807) is 6.07 Å². The Morgan fingerprint density at radius 1 is 1.27 bits per heavy atom. The van der Waals surface area contributed by atoms with Gasteiger partial charge in [0.2, 0.25) is 5.91 Å². The van der Waals surface area contributed by atoms with Crippen LogP contribution in [0.4, 0.5) is 15.9 Å². The van der Waals surface area contributed by atoms with Crippen LogP contribution in [0.5, 0.6) is 0 Å². The molecule has 0 unspecified atom stereocenters. The molecule has 1 saturated carbocycles. The third kappa shape index (κ3) is 2.92. The van der Waals surface area contributed by atoms with Crippen LogP contribution in [0.3, 0.4) is 0 Å². The number of rotatable bonds is 2. The first kappa shape index (κ1) is 15.2. The summed E-state index contributed by atoms with van der Waals surface area (Å²) in [4.78, 5) is 16.4. The maximum Gasteiger partial charge on any atom is 0.228 e. The number of fused-ring (bicyclic) bond motifs is 1. The highest BCUT2D eigenvalue weighted by atomic mass is 79.9. The van der Waals surface area contributed by atoms with Crippen molar-refractivity contribution in [3.05, 3.63) is 28.6 Å². The molecule has 3 rings (SSSR count). The van der Waals surface area contributed by atoms with Gasteiger partial charge in [0.15, 0.2) is 5.82 Å². The normalized spacial score (nSPS) is 15.9. The predicted molar refractivity (Wildman–Crippen MR) is 89.0 cm³/mol. The number of benzene rings is 1. The molecule has 0 radical (unpaired) electrons. The summed E-state index contributed by atoms with van der Waals surface area (Å²) in [6.07, 6.45) is 6.56. The first-order valence-electron chi connectivity index (χ1n) is 7.40. The van der Waals surface area contributed by atoms with Crippen LogP contribution in [0.25, 0.3) is 10.8 Å². The second kappa shape index (κ2) is 6.20. The number of nitrogens with two attached hydrogens (primary N) is 1. The zero-order chi connectivity index (χ0) is 15.7. The summed E-state index contributed by atoms with van der Waals surface area (Å²) < 4.78 is 14.5. The second-order valence-corrected chi connectivity index (χ2v) is 6.61. The van der Waals surface area contributed by atoms with E-state index in [1.807, 2.05) is 0 Å². The Bertz CT molecular complexity index is 729. The molecule has 0 aliphatic heterocycles. The Balaban J connectivity index is 1.91. The minimum atomic E-state index is -0.395. The van der Waals surface area contributed by atoms with Crippen molar-refractivity contribution in [3.63, 3.8) is 0 Å². The second-order valence-electron chi connectivity index (χ2n) is 5.69. The Kier molecular flexibility index (Phi) is 4.29. The average Bonchev–Trinajstić information content (AvgIpc) is 2.51. The van der Waals surface area contributed by atoms with Gasteiger partial charge in [-0.1, -0.05) is 35.2 Å². The Morgan fingerprint density at radius 2 is 2.00 bits per heavy atom. The summed E-state index contributed by atoms with van der Waals surface area (Å²) in [5, 5.41) is 3.68. The summed E-state index contributed by atoms with van der Waals surface area (Å²) in [7, 11) is 0. The highest BCUT2D eigenvalue weighted by Gasteiger charge is 2.22. The van der Waals surface area contributed by atoms with E-state index in [4.69, 9.17) is 5.73 Å². The van der Waals surface area contributed by atoms with E-state index in [1.165, 1.54) is 18.7 Å². The van der Waals surface area contributed by atoms with Gasteiger partial charge in [0, 0.05) is 27.4 Å². The fourth-order valence-electron chi connectivity index (χ4n) is 2.95. The van der Waals surface area contributed by atoms with Crippen molar-refractivity contribution in [1.29, 1.82) is 0 Å². The third-order valence-corrected chi connectivity index (χ3v) is 4.64. The fraction of sp³-hybridized carbons (Fsp3) is 0.375. The van der Waals surface area contributed by atoms with Crippen molar-refractivity contribution in [3.8, 4) is 0 Å². The van der Waals surface area contributed by atoms with Gasteiger partial charge in [0.1, 0.15) is 5.82 Å². The zero-order valence-corrected chi connectivity index (χ0v) is 13.6. The molecule has 4 nitrogen and oxygen atoms in total. The van der Waals surface area contributed by atoms with Crippen LogP contribution in [0, 0.1) is 11.7 Å². The maximum absolute atomic E-state index is 13.9. The molecule has 1 aliphatic rings. The number of amides is 1. The lowest BCUT2D eigenvalue weighted by atomic mass is 9.88. The summed E-state index contributed by atoms with van der Waals surface area (Å²) in [5.41, 5.74) is 6.36. The lowest BCUT2D eigenvalue weighted by Gasteiger charge is -2.21. The lowest BCUT2D eigenvalue weighted by Crippen LogP contribution is -2.25. The number of nitrogens with zero attached hydrogens (tertiary/aromatic N) is 1. The molecule has 1 fully saturated rings. The van der Waals surface area contributed by atoms with E-state index in [9.17, 15) is 9.18 Å². The molecule has 0 saturated heterocycles. The number of hydrogen-bond acceptors (Lipinski definition) is 3. The summed E-state index contributed by atoms with van der Waals surface area (Å²) in [5.74, 6) is -0.118. The molecule has 116 valence electrons. The molecule has 1 heterocycles. The molecule has 0 atom stereocenters. The van der Waals surface area contributed by atoms with Crippen molar-refractivity contribution < 1.29 is 9.18 Å². The van der Waals surface area contributed by atoms with Gasteiger partial charge in [-0.3, -0.25) is 4.79 Å². The number of aromatic nitrogens is 1. The van der Waals surface area contributed by atoms with E-state index in [-0.39, 0.29) is 11.8 Å². The quantitative estimate of drug-likeness (QED) is 0.836. The number of halogens is 2. The van der Waals surface area contributed by atoms with Gasteiger partial charge >= 0.3 is 0 Å². The number of carbonyl (C=O) groups excluding carboxylic acids is 1. The van der Waals surface area contributed by atoms with Crippen molar-refractivity contribution in [1.82, 2.24) is 4.98 Å². The number of nitrogens with one attached hydrogen (secondary N) is 1. The van der Waals surface area contributed by atoms with E-state index in [0.717, 1.165) is 25.7 Å². The molecule has 0 bridgehead atoms. The number of pyridine rings is 1. The Labute approximate surface area is 136 Å². The van der Waals surface area contributed by atoms with Crippen LogP contribution in [0.2, 0.25) is 0 Å². The molecule has 1 aromatic heterocycles. The van der Waals surface area contributed by atoms with Crippen molar-refractivity contribution in [2.75, 3.05) is 11.1 Å². The summed E-state index contributed by atoms with van der Waals surface area (Å²) in [6.45, 7) is 0. The molecule has 6 heteroatoms. The van der Waals surface area contributed by atoms with Gasteiger partial charge < -0.3 is 11.1 Å². The van der Waals surface area contributed by atoms with Crippen LogP contribution in [-0.2, 0) is 4.79 Å². The molecule has 22 heavy (non-hydrogen) atoms. The van der Waals surface area contributed by atoms with Gasteiger partial charge in [0.05, 0.1) is 5.69 Å². The largest absolute Gasteiger partial charge is 0.395 e. The van der Waals surface area contributed by atoms with Crippen LogP contribution < -0.4 is 11.1 Å². The van der Waals surface area contributed by atoms with Crippen LogP contribution >= 0.6 is 15.9 Å². The van der Waals surface area contributed by atoms with E-state index < -0.39 is 5.82 Å². The highest BCUT2D eigenvalue weighted by molar-refractivity contribution is 9.10. The smallest absolute Gasteiger partial charge is 0.228 e. The monoisotopic (exact) mass is 365 g/mol. The Morgan fingerprint density at radius 3 is 2.73 bits per heavy atom. The third-order valence-electron chi connectivity index (χ3n) is 4.18. The highest BCUT2D eigenvalue weighted by Crippen LogP contribution is 2.32. The minimum absolute atomic E-state index is 0.0184. The van der Waals surface area contributed by atoms with E-state index in [2.05, 4.69) is 26.2 Å². The number of carbonyl (C=O) groups is 1. The maximum atomic E-state index is 13.9. The van der Waals surface area contributed by atoms with Gasteiger partial charge in [-0.05, 0) is 25.0 Å². The molecule has 0 spiro atoms. The van der Waals surface area contributed by atoms with E-state index in [0.29, 0.717) is 26.8 Å². The predicted octanol–water partition coefficient (Wildman–Crippen LogP) is 4.24. The van der Waals surface area contributed by atoms with Gasteiger partial charge in [0.25, 0.3) is 0 Å². The SMILES string of the molecule is Nc1c(NC(=O)C2CCCCC2)ncc2c(F)cc(Br)cc12. The molecular formula is C16H17BrFN3O. The molecule has 1 amide bonds. The van der Waals surface area contributed by atoms with E-state index >= 15 is 0 Å². The van der Waals surface area contributed by atoms with Crippen LogP contribution in [0.15, 0.2) is 22.8 Å². The topological polar surface area (TPSA) is 68.0 Å². The number of nitrogen functional groups attached to an aromatic ring is 1. The molecule has 1 aliphatic carbocycles. The summed E-state index contributed by atoms with van der Waals surface area (Å²) in [6, 6.07) is 3.09. The van der Waals surface area contributed by atoms with Gasteiger partial charge in [-0.15, -0.1) is 0 Å². The molecule has 1 aromatic carbocycles. The first-order valence-corrected chi connectivity index (χ1v) is 8.19. The molecule has 2 aromatic rings. The van der Waals surface area contributed by atoms with Crippen LogP contribution in [-0.4, -0.2) is 10.9 Å².